The van der Waals surface area contributed by atoms with Crippen LogP contribution < -0.4 is 10.6 Å². The molecule has 1 unspecified atom stereocenters. The van der Waals surface area contributed by atoms with Crippen molar-refractivity contribution in [2.75, 3.05) is 6.54 Å². The Morgan fingerprint density at radius 1 is 1.00 bits per heavy atom. The monoisotopic (exact) mass is 372 g/mol. The van der Waals surface area contributed by atoms with Crippen molar-refractivity contribution in [3.05, 3.63) is 58.3 Å². The van der Waals surface area contributed by atoms with Crippen molar-refractivity contribution in [2.45, 2.75) is 18.3 Å². The Hall–Kier alpha value is -2.39. The van der Waals surface area contributed by atoms with Crippen molar-refractivity contribution in [3.63, 3.8) is 0 Å². The lowest BCUT2D eigenvalue weighted by Crippen LogP contribution is -2.53. The maximum Gasteiger partial charge on any atom is 0.423 e. The van der Waals surface area contributed by atoms with Crippen LogP contribution in [0.4, 0.5) is 13.2 Å². The van der Waals surface area contributed by atoms with Gasteiger partial charge in [-0.05, 0) is 17.0 Å². The molecular formula is C16H15F3N2O3S. The lowest BCUT2D eigenvalue weighted by molar-refractivity contribution is -0.264. The minimum absolute atomic E-state index is 0.0894. The molecule has 0 saturated carbocycles. The fourth-order valence-corrected chi connectivity index (χ4v) is 2.67. The molecule has 0 spiro atoms. The van der Waals surface area contributed by atoms with Gasteiger partial charge in [-0.3, -0.25) is 9.59 Å². The third kappa shape index (κ3) is 4.58. The molecular weight excluding hydrogens is 357 g/mol. The standard InChI is InChI=1S/C16H15F3N2O3S/c17-16(18,19)15(24,11-5-2-1-3-6-11)10-21-14(23)13(22)20-9-12-7-4-8-25-12/h1-8,24H,9-10H2,(H,20,22)(H,21,23). The van der Waals surface area contributed by atoms with Gasteiger partial charge in [0.2, 0.25) is 5.60 Å². The Bertz CT molecular complexity index is 720. The van der Waals surface area contributed by atoms with E-state index in [-0.39, 0.29) is 6.54 Å². The van der Waals surface area contributed by atoms with E-state index >= 15 is 0 Å². The van der Waals surface area contributed by atoms with Crippen molar-refractivity contribution in [2.24, 2.45) is 0 Å². The van der Waals surface area contributed by atoms with Gasteiger partial charge in [-0.2, -0.15) is 13.2 Å². The lowest BCUT2D eigenvalue weighted by Gasteiger charge is -2.31. The van der Waals surface area contributed by atoms with Gasteiger partial charge in [0.15, 0.2) is 0 Å². The third-order valence-electron chi connectivity index (χ3n) is 3.43. The van der Waals surface area contributed by atoms with Gasteiger partial charge in [0, 0.05) is 4.88 Å². The van der Waals surface area contributed by atoms with Crippen LogP contribution in [0.5, 0.6) is 0 Å². The van der Waals surface area contributed by atoms with Gasteiger partial charge in [-0.1, -0.05) is 36.4 Å². The second kappa shape index (κ2) is 7.66. The van der Waals surface area contributed by atoms with E-state index in [0.29, 0.717) is 0 Å². The van der Waals surface area contributed by atoms with Crippen LogP contribution in [-0.2, 0) is 21.7 Å². The number of halogens is 3. The number of hydrogen-bond donors (Lipinski definition) is 3. The van der Waals surface area contributed by atoms with Crippen LogP contribution in [0.2, 0.25) is 0 Å². The molecule has 3 N–H and O–H groups in total. The summed E-state index contributed by atoms with van der Waals surface area (Å²) in [6.07, 6.45) is -5.03. The molecule has 5 nitrogen and oxygen atoms in total. The van der Waals surface area contributed by atoms with E-state index in [1.807, 2.05) is 5.32 Å². The van der Waals surface area contributed by atoms with E-state index in [1.54, 1.807) is 17.5 Å². The number of carbonyl (C=O) groups excluding carboxylic acids is 2. The molecule has 1 aromatic heterocycles. The molecule has 0 saturated heterocycles. The van der Waals surface area contributed by atoms with Crippen LogP contribution in [0.3, 0.4) is 0 Å². The number of aliphatic hydroxyl groups is 1. The lowest BCUT2D eigenvalue weighted by atomic mass is 9.93. The van der Waals surface area contributed by atoms with Crippen molar-refractivity contribution < 1.29 is 27.9 Å². The van der Waals surface area contributed by atoms with Crippen LogP contribution in [0.15, 0.2) is 47.8 Å². The van der Waals surface area contributed by atoms with E-state index in [4.69, 9.17) is 0 Å². The number of carbonyl (C=O) groups is 2. The number of benzene rings is 1. The molecule has 0 radical (unpaired) electrons. The second-order valence-electron chi connectivity index (χ2n) is 5.17. The predicted octanol–water partition coefficient (Wildman–Crippen LogP) is 1.93. The van der Waals surface area contributed by atoms with Gasteiger partial charge < -0.3 is 15.7 Å². The Labute approximate surface area is 145 Å². The first-order chi connectivity index (χ1) is 11.7. The van der Waals surface area contributed by atoms with Crippen molar-refractivity contribution >= 4 is 23.2 Å². The second-order valence-corrected chi connectivity index (χ2v) is 6.20. The Morgan fingerprint density at radius 2 is 1.64 bits per heavy atom. The molecule has 0 bridgehead atoms. The molecule has 25 heavy (non-hydrogen) atoms. The first kappa shape index (κ1) is 18.9. The highest BCUT2D eigenvalue weighted by Gasteiger charge is 2.55. The minimum atomic E-state index is -5.03. The molecule has 2 rings (SSSR count). The highest BCUT2D eigenvalue weighted by Crippen LogP contribution is 2.38. The van der Waals surface area contributed by atoms with E-state index in [2.05, 4.69) is 5.32 Å². The largest absolute Gasteiger partial charge is 0.423 e. The zero-order valence-corrected chi connectivity index (χ0v) is 13.7. The number of alkyl halides is 3. The van der Waals surface area contributed by atoms with Gasteiger partial charge in [-0.25, -0.2) is 0 Å². The summed E-state index contributed by atoms with van der Waals surface area (Å²) in [4.78, 5) is 24.2. The summed E-state index contributed by atoms with van der Waals surface area (Å²) >= 11 is 1.36. The van der Waals surface area contributed by atoms with Crippen LogP contribution in [0, 0.1) is 0 Å². The molecule has 9 heteroatoms. The van der Waals surface area contributed by atoms with Gasteiger partial charge in [0.25, 0.3) is 0 Å². The van der Waals surface area contributed by atoms with Gasteiger partial charge in [0.1, 0.15) is 0 Å². The summed E-state index contributed by atoms with van der Waals surface area (Å²) in [6.45, 7) is -1.09. The van der Waals surface area contributed by atoms with Crippen LogP contribution >= 0.6 is 11.3 Å². The molecule has 0 aliphatic carbocycles. The molecule has 2 aromatic rings. The number of rotatable bonds is 5. The number of nitrogens with one attached hydrogen (secondary N) is 2. The first-order valence-corrected chi connectivity index (χ1v) is 8.05. The first-order valence-electron chi connectivity index (χ1n) is 7.17. The van der Waals surface area contributed by atoms with Crippen LogP contribution in [-0.4, -0.2) is 29.6 Å². The average molecular weight is 372 g/mol. The Kier molecular flexibility index (Phi) is 5.81. The maximum atomic E-state index is 13.3. The zero-order valence-electron chi connectivity index (χ0n) is 12.8. The normalized spacial score (nSPS) is 13.8. The SMILES string of the molecule is O=C(NCc1cccs1)C(=O)NCC(O)(c1ccccc1)C(F)(F)F. The summed E-state index contributed by atoms with van der Waals surface area (Å²) < 4.78 is 39.8. The molecule has 1 heterocycles. The van der Waals surface area contributed by atoms with E-state index in [1.165, 1.54) is 29.5 Å². The highest BCUT2D eigenvalue weighted by molar-refractivity contribution is 7.09. The van der Waals surface area contributed by atoms with Crippen molar-refractivity contribution in [3.8, 4) is 0 Å². The number of amides is 2. The number of hydrogen-bond acceptors (Lipinski definition) is 4. The topological polar surface area (TPSA) is 78.4 Å². The predicted molar refractivity (Wildman–Crippen MR) is 85.6 cm³/mol. The molecule has 0 fully saturated rings. The third-order valence-corrected chi connectivity index (χ3v) is 4.31. The van der Waals surface area contributed by atoms with Crippen molar-refractivity contribution in [1.29, 1.82) is 0 Å². The van der Waals surface area contributed by atoms with Crippen molar-refractivity contribution in [1.82, 2.24) is 10.6 Å². The number of thiophene rings is 1. The molecule has 2 amide bonds. The van der Waals surface area contributed by atoms with Gasteiger partial charge in [-0.15, -0.1) is 11.3 Å². The van der Waals surface area contributed by atoms with Crippen LogP contribution in [0.25, 0.3) is 0 Å². The minimum Gasteiger partial charge on any atom is -0.375 e. The molecule has 1 atom stereocenters. The Balaban J connectivity index is 2.00. The molecule has 134 valence electrons. The fourth-order valence-electron chi connectivity index (χ4n) is 2.03. The quantitative estimate of drug-likeness (QED) is 0.702. The molecule has 1 aromatic carbocycles. The van der Waals surface area contributed by atoms with E-state index in [9.17, 15) is 27.9 Å². The van der Waals surface area contributed by atoms with E-state index in [0.717, 1.165) is 17.0 Å². The highest BCUT2D eigenvalue weighted by atomic mass is 32.1. The zero-order chi connectivity index (χ0) is 18.5. The maximum absolute atomic E-state index is 13.3. The summed E-state index contributed by atoms with van der Waals surface area (Å²) in [5, 5.41) is 16.0. The van der Waals surface area contributed by atoms with Crippen LogP contribution in [0.1, 0.15) is 10.4 Å². The van der Waals surface area contributed by atoms with Gasteiger partial charge >= 0.3 is 18.0 Å². The van der Waals surface area contributed by atoms with Gasteiger partial charge in [0.05, 0.1) is 13.1 Å². The Morgan fingerprint density at radius 3 is 2.20 bits per heavy atom. The summed E-state index contributed by atoms with van der Waals surface area (Å²) in [5.41, 5.74) is -3.72. The molecule has 0 aliphatic heterocycles. The smallest absolute Gasteiger partial charge is 0.375 e. The summed E-state index contributed by atoms with van der Waals surface area (Å²) in [7, 11) is 0. The van der Waals surface area contributed by atoms with E-state index < -0.39 is 35.7 Å². The fraction of sp³-hybridized carbons (Fsp3) is 0.250. The summed E-state index contributed by atoms with van der Waals surface area (Å²) in [5.74, 6) is -2.33. The summed E-state index contributed by atoms with van der Waals surface area (Å²) in [6, 6.07) is 9.85. The average Bonchev–Trinajstić information content (AvgIpc) is 3.10. The molecule has 0 aliphatic rings.